The van der Waals surface area contributed by atoms with Crippen LogP contribution in [0.1, 0.15) is 36.9 Å². The van der Waals surface area contributed by atoms with E-state index in [1.165, 1.54) is 0 Å². The number of benzene rings is 2. The number of hydrazone groups is 1. The topological polar surface area (TPSA) is 76.9 Å². The predicted molar refractivity (Wildman–Crippen MR) is 110 cm³/mol. The van der Waals surface area contributed by atoms with Gasteiger partial charge in [-0.25, -0.2) is 5.01 Å². The van der Waals surface area contributed by atoms with Crippen molar-refractivity contribution in [2.24, 2.45) is 5.10 Å². The van der Waals surface area contributed by atoms with E-state index >= 15 is 0 Å². The summed E-state index contributed by atoms with van der Waals surface area (Å²) in [7, 11) is 3.20. The number of carbonyl (C=O) groups is 1. The summed E-state index contributed by atoms with van der Waals surface area (Å²) in [5, 5.41) is 6.25. The van der Waals surface area contributed by atoms with Crippen molar-refractivity contribution in [3.8, 4) is 11.5 Å². The van der Waals surface area contributed by atoms with Crippen LogP contribution in [0, 0.1) is 0 Å². The zero-order valence-corrected chi connectivity index (χ0v) is 16.6. The number of carbonyl (C=O) groups excluding carboxylic acids is 1. The van der Waals surface area contributed by atoms with Crippen molar-refractivity contribution in [2.45, 2.75) is 25.8 Å². The van der Waals surface area contributed by atoms with Gasteiger partial charge in [0, 0.05) is 30.8 Å². The molecule has 4 rings (SSSR count). The van der Waals surface area contributed by atoms with Crippen LogP contribution in [-0.2, 0) is 4.79 Å². The van der Waals surface area contributed by atoms with Crippen molar-refractivity contribution < 1.29 is 14.3 Å². The Morgan fingerprint density at radius 3 is 2.52 bits per heavy atom. The number of nitrogens with zero attached hydrogens (tertiary/aromatic N) is 4. The lowest BCUT2D eigenvalue weighted by atomic mass is 9.97. The highest BCUT2D eigenvalue weighted by atomic mass is 16.5. The molecule has 7 heteroatoms. The number of hydrogen-bond donors (Lipinski definition) is 0. The summed E-state index contributed by atoms with van der Waals surface area (Å²) < 4.78 is 10.7. The van der Waals surface area contributed by atoms with Crippen LogP contribution in [0.2, 0.25) is 0 Å². The molecule has 2 aromatic carbocycles. The molecule has 0 N–H and O–H groups in total. The number of aromatic nitrogens is 2. The summed E-state index contributed by atoms with van der Waals surface area (Å²) in [5.41, 5.74) is 4.34. The Morgan fingerprint density at radius 2 is 1.79 bits per heavy atom. The van der Waals surface area contributed by atoms with E-state index in [1.807, 2.05) is 43.3 Å². The molecule has 148 valence electrons. The Hall–Kier alpha value is -3.48. The summed E-state index contributed by atoms with van der Waals surface area (Å²) >= 11 is 0. The number of rotatable bonds is 5. The van der Waals surface area contributed by atoms with Gasteiger partial charge in [0.2, 0.25) is 5.91 Å². The molecule has 0 aliphatic carbocycles. The molecule has 29 heavy (non-hydrogen) atoms. The van der Waals surface area contributed by atoms with Crippen LogP contribution in [-0.4, -0.2) is 40.8 Å². The molecular formula is C22H22N4O3. The first-order valence-electron chi connectivity index (χ1n) is 9.47. The lowest BCUT2D eigenvalue weighted by Gasteiger charge is -2.21. The lowest BCUT2D eigenvalue weighted by Crippen LogP contribution is -2.26. The normalized spacial score (nSPS) is 16.0. The highest BCUT2D eigenvalue weighted by molar-refractivity contribution is 6.03. The van der Waals surface area contributed by atoms with E-state index in [-0.39, 0.29) is 11.9 Å². The van der Waals surface area contributed by atoms with Gasteiger partial charge in [-0.2, -0.15) is 5.10 Å². The monoisotopic (exact) mass is 390 g/mol. The van der Waals surface area contributed by atoms with E-state index in [9.17, 15) is 4.79 Å². The highest BCUT2D eigenvalue weighted by Crippen LogP contribution is 2.36. The Labute approximate surface area is 169 Å². The van der Waals surface area contributed by atoms with Crippen molar-refractivity contribution in [3.63, 3.8) is 0 Å². The van der Waals surface area contributed by atoms with Gasteiger partial charge in [0.25, 0.3) is 0 Å². The summed E-state index contributed by atoms with van der Waals surface area (Å²) in [6.07, 6.45) is 4.32. The molecule has 1 unspecified atom stereocenters. The Morgan fingerprint density at radius 1 is 1.03 bits per heavy atom. The summed E-state index contributed by atoms with van der Waals surface area (Å²) in [4.78, 5) is 21.3. The van der Waals surface area contributed by atoms with Crippen molar-refractivity contribution in [1.82, 2.24) is 15.0 Å². The summed E-state index contributed by atoms with van der Waals surface area (Å²) in [6.45, 7) is 1.84. The molecule has 7 nitrogen and oxygen atoms in total. The zero-order chi connectivity index (χ0) is 20.4. The Kier molecular flexibility index (Phi) is 5.12. The standard InChI is InChI=1S/C22H22N4O3/c1-4-22(27)26-19(15-5-7-16-18(11-15)24-10-9-23-16)13-17(25-26)14-6-8-20(28-2)21(12-14)29-3/h5-12,19H,4,13H2,1-3H3. The maximum absolute atomic E-state index is 12.6. The fourth-order valence-electron chi connectivity index (χ4n) is 3.54. The Balaban J connectivity index is 1.72. The van der Waals surface area contributed by atoms with E-state index in [4.69, 9.17) is 9.47 Å². The highest BCUT2D eigenvalue weighted by Gasteiger charge is 2.32. The molecule has 1 aromatic heterocycles. The molecule has 0 saturated heterocycles. The lowest BCUT2D eigenvalue weighted by molar-refractivity contribution is -0.132. The molecule has 1 atom stereocenters. The van der Waals surface area contributed by atoms with Gasteiger partial charge in [0.05, 0.1) is 37.0 Å². The van der Waals surface area contributed by atoms with Crippen molar-refractivity contribution in [3.05, 3.63) is 59.9 Å². The second kappa shape index (κ2) is 7.87. The molecule has 1 amide bonds. The van der Waals surface area contributed by atoms with Gasteiger partial charge in [0.1, 0.15) is 0 Å². The predicted octanol–water partition coefficient (Wildman–Crippen LogP) is 3.73. The number of methoxy groups -OCH3 is 2. The van der Waals surface area contributed by atoms with Gasteiger partial charge in [-0.3, -0.25) is 14.8 Å². The van der Waals surface area contributed by atoms with Crippen molar-refractivity contribution in [2.75, 3.05) is 14.2 Å². The number of hydrogen-bond acceptors (Lipinski definition) is 6. The van der Waals surface area contributed by atoms with Crippen molar-refractivity contribution in [1.29, 1.82) is 0 Å². The van der Waals surface area contributed by atoms with Crippen LogP contribution < -0.4 is 9.47 Å². The molecular weight excluding hydrogens is 368 g/mol. The third kappa shape index (κ3) is 3.51. The molecule has 0 radical (unpaired) electrons. The second-order valence-electron chi connectivity index (χ2n) is 6.73. The molecule has 0 spiro atoms. The van der Waals surface area contributed by atoms with Crippen LogP contribution in [0.3, 0.4) is 0 Å². The van der Waals surface area contributed by atoms with Gasteiger partial charge in [-0.05, 0) is 35.9 Å². The smallest absolute Gasteiger partial charge is 0.242 e. The van der Waals surface area contributed by atoms with E-state index in [0.29, 0.717) is 24.3 Å². The molecule has 1 aliphatic heterocycles. The third-order valence-electron chi connectivity index (χ3n) is 5.06. The average molecular weight is 390 g/mol. The molecule has 3 aromatic rings. The molecule has 2 heterocycles. The maximum Gasteiger partial charge on any atom is 0.242 e. The van der Waals surface area contributed by atoms with Gasteiger partial charge in [-0.1, -0.05) is 13.0 Å². The minimum absolute atomic E-state index is 0.0234. The number of amides is 1. The van der Waals surface area contributed by atoms with Crippen LogP contribution in [0.15, 0.2) is 53.9 Å². The fraction of sp³-hybridized carbons (Fsp3) is 0.273. The molecule has 0 fully saturated rings. The van der Waals surface area contributed by atoms with E-state index in [2.05, 4.69) is 15.1 Å². The summed E-state index contributed by atoms with van der Waals surface area (Å²) in [6, 6.07) is 11.4. The quantitative estimate of drug-likeness (QED) is 0.663. The van der Waals surface area contributed by atoms with E-state index < -0.39 is 0 Å². The molecule has 0 bridgehead atoms. The first-order valence-corrected chi connectivity index (χ1v) is 9.47. The van der Waals surface area contributed by atoms with Crippen LogP contribution in [0.25, 0.3) is 11.0 Å². The van der Waals surface area contributed by atoms with Gasteiger partial charge in [0.15, 0.2) is 11.5 Å². The number of fused-ring (bicyclic) bond motifs is 1. The minimum atomic E-state index is -0.183. The first kappa shape index (κ1) is 18.9. The summed E-state index contributed by atoms with van der Waals surface area (Å²) in [5.74, 6) is 1.26. The third-order valence-corrected chi connectivity index (χ3v) is 5.06. The van der Waals surface area contributed by atoms with E-state index in [1.54, 1.807) is 31.6 Å². The molecule has 1 aliphatic rings. The van der Waals surface area contributed by atoms with Gasteiger partial charge < -0.3 is 9.47 Å². The van der Waals surface area contributed by atoms with E-state index in [0.717, 1.165) is 27.9 Å². The largest absolute Gasteiger partial charge is 0.493 e. The number of ether oxygens (including phenoxy) is 2. The minimum Gasteiger partial charge on any atom is -0.493 e. The van der Waals surface area contributed by atoms with Gasteiger partial charge >= 0.3 is 0 Å². The van der Waals surface area contributed by atoms with Crippen molar-refractivity contribution >= 4 is 22.7 Å². The van der Waals surface area contributed by atoms with Crippen LogP contribution in [0.5, 0.6) is 11.5 Å². The second-order valence-corrected chi connectivity index (χ2v) is 6.73. The molecule has 0 saturated carbocycles. The maximum atomic E-state index is 12.6. The van der Waals surface area contributed by atoms with Crippen LogP contribution in [0.4, 0.5) is 0 Å². The first-order chi connectivity index (χ1) is 14.1. The van der Waals surface area contributed by atoms with Gasteiger partial charge in [-0.15, -0.1) is 0 Å². The zero-order valence-electron chi connectivity index (χ0n) is 16.6. The average Bonchev–Trinajstić information content (AvgIpc) is 3.23. The SMILES string of the molecule is CCC(=O)N1N=C(c2ccc(OC)c(OC)c2)CC1c1ccc2nccnc2c1. The van der Waals surface area contributed by atoms with Crippen LogP contribution >= 0.6 is 0 Å². The fourth-order valence-corrected chi connectivity index (χ4v) is 3.54. The Bertz CT molecular complexity index is 1100.